The summed E-state index contributed by atoms with van der Waals surface area (Å²) in [6.07, 6.45) is 5.10. The largest absolute Gasteiger partial charge is 0.258 e. The molecule has 0 saturated carbocycles. The predicted octanol–water partition coefficient (Wildman–Crippen LogP) is 2.27. The Labute approximate surface area is 67.5 Å². The van der Waals surface area contributed by atoms with Crippen molar-refractivity contribution in [2.75, 3.05) is 0 Å². The van der Waals surface area contributed by atoms with Crippen LogP contribution in [0.15, 0.2) is 12.1 Å². The predicted molar refractivity (Wildman–Crippen MR) is 45.6 cm³/mol. The van der Waals surface area contributed by atoms with Crippen LogP contribution >= 0.6 is 0 Å². The second kappa shape index (κ2) is 2.65. The first-order valence-corrected chi connectivity index (χ1v) is 4.32. The molecule has 0 unspecified atom stereocenters. The summed E-state index contributed by atoms with van der Waals surface area (Å²) >= 11 is 0. The van der Waals surface area contributed by atoms with Gasteiger partial charge in [-0.1, -0.05) is 6.07 Å². The minimum absolute atomic E-state index is 1.16. The molecule has 0 aromatic carbocycles. The minimum atomic E-state index is 1.16. The summed E-state index contributed by atoms with van der Waals surface area (Å²) in [6, 6.07) is 4.35. The Balaban J connectivity index is 2.43. The zero-order valence-corrected chi connectivity index (χ0v) is 6.93. The zero-order chi connectivity index (χ0) is 7.68. The maximum Gasteiger partial charge on any atom is 0.0438 e. The maximum absolute atomic E-state index is 4.51. The summed E-state index contributed by atoms with van der Waals surface area (Å²) in [4.78, 5) is 4.51. The van der Waals surface area contributed by atoms with Crippen molar-refractivity contribution in [2.45, 2.75) is 32.6 Å². The first-order chi connectivity index (χ1) is 5.36. The third kappa shape index (κ3) is 1.28. The van der Waals surface area contributed by atoms with Crippen LogP contribution < -0.4 is 0 Å². The number of aryl methyl sites for hydroxylation is 3. The van der Waals surface area contributed by atoms with Crippen molar-refractivity contribution in [1.29, 1.82) is 0 Å². The lowest BCUT2D eigenvalue weighted by atomic mass is 9.96. The van der Waals surface area contributed by atoms with Crippen LogP contribution in [0.4, 0.5) is 0 Å². The van der Waals surface area contributed by atoms with Crippen molar-refractivity contribution in [3.63, 3.8) is 0 Å². The number of nitrogens with zero attached hydrogens (tertiary/aromatic N) is 1. The summed E-state index contributed by atoms with van der Waals surface area (Å²) in [5.74, 6) is 0. The van der Waals surface area contributed by atoms with E-state index in [-0.39, 0.29) is 0 Å². The third-order valence-corrected chi connectivity index (χ3v) is 2.32. The standard InChI is InChI=1S/C10H13N/c1-8-6-7-9-4-2-3-5-10(9)11-8/h6-7H,2-5H2,1H3. The number of pyridine rings is 1. The van der Waals surface area contributed by atoms with Gasteiger partial charge in [-0.2, -0.15) is 0 Å². The van der Waals surface area contributed by atoms with Crippen molar-refractivity contribution < 1.29 is 0 Å². The molecule has 11 heavy (non-hydrogen) atoms. The third-order valence-electron chi connectivity index (χ3n) is 2.32. The Kier molecular flexibility index (Phi) is 1.65. The lowest BCUT2D eigenvalue weighted by Gasteiger charge is -2.14. The van der Waals surface area contributed by atoms with Gasteiger partial charge in [-0.15, -0.1) is 0 Å². The zero-order valence-electron chi connectivity index (χ0n) is 6.93. The van der Waals surface area contributed by atoms with Crippen LogP contribution in [0.3, 0.4) is 0 Å². The van der Waals surface area contributed by atoms with Gasteiger partial charge < -0.3 is 0 Å². The molecule has 1 nitrogen and oxygen atoms in total. The molecule has 1 heterocycles. The fourth-order valence-corrected chi connectivity index (χ4v) is 1.69. The normalized spacial score (nSPS) is 16.1. The van der Waals surface area contributed by atoms with E-state index in [1.165, 1.54) is 36.9 Å². The number of aromatic nitrogens is 1. The molecule has 2 rings (SSSR count). The van der Waals surface area contributed by atoms with E-state index in [1.54, 1.807) is 0 Å². The van der Waals surface area contributed by atoms with Crippen LogP contribution in [0.1, 0.15) is 29.8 Å². The second-order valence-electron chi connectivity index (χ2n) is 3.27. The highest BCUT2D eigenvalue weighted by atomic mass is 14.7. The Morgan fingerprint density at radius 3 is 2.91 bits per heavy atom. The molecule has 0 aliphatic heterocycles. The molecule has 1 aliphatic rings. The van der Waals surface area contributed by atoms with Crippen LogP contribution in [0.5, 0.6) is 0 Å². The molecule has 0 fully saturated rings. The quantitative estimate of drug-likeness (QED) is 0.548. The van der Waals surface area contributed by atoms with Crippen LogP contribution in [0.2, 0.25) is 0 Å². The molecule has 0 atom stereocenters. The first-order valence-electron chi connectivity index (χ1n) is 4.32. The SMILES string of the molecule is Cc1ccc2c(n1)CCCC2. The Hall–Kier alpha value is -0.850. The van der Waals surface area contributed by atoms with Crippen molar-refractivity contribution >= 4 is 0 Å². The smallest absolute Gasteiger partial charge is 0.0438 e. The van der Waals surface area contributed by atoms with Gasteiger partial charge in [-0.05, 0) is 44.2 Å². The fraction of sp³-hybridized carbons (Fsp3) is 0.500. The van der Waals surface area contributed by atoms with E-state index in [4.69, 9.17) is 0 Å². The Morgan fingerprint density at radius 2 is 2.00 bits per heavy atom. The van der Waals surface area contributed by atoms with E-state index in [9.17, 15) is 0 Å². The molecule has 0 amide bonds. The molecule has 0 saturated heterocycles. The molecule has 1 aliphatic carbocycles. The topological polar surface area (TPSA) is 12.9 Å². The van der Waals surface area contributed by atoms with E-state index >= 15 is 0 Å². The molecule has 0 radical (unpaired) electrons. The van der Waals surface area contributed by atoms with Gasteiger partial charge >= 0.3 is 0 Å². The summed E-state index contributed by atoms with van der Waals surface area (Å²) in [5, 5.41) is 0. The molecular formula is C10H13N. The van der Waals surface area contributed by atoms with Gasteiger partial charge in [0.2, 0.25) is 0 Å². The van der Waals surface area contributed by atoms with Crippen LogP contribution in [-0.4, -0.2) is 4.98 Å². The van der Waals surface area contributed by atoms with Gasteiger partial charge in [0.15, 0.2) is 0 Å². The summed E-state index contributed by atoms with van der Waals surface area (Å²) in [7, 11) is 0. The Morgan fingerprint density at radius 1 is 1.18 bits per heavy atom. The van der Waals surface area contributed by atoms with E-state index in [0.29, 0.717) is 0 Å². The summed E-state index contributed by atoms with van der Waals surface area (Å²) in [6.45, 7) is 2.06. The molecule has 58 valence electrons. The van der Waals surface area contributed by atoms with Gasteiger partial charge in [0, 0.05) is 11.4 Å². The van der Waals surface area contributed by atoms with Crippen LogP contribution in [0.25, 0.3) is 0 Å². The molecular weight excluding hydrogens is 134 g/mol. The van der Waals surface area contributed by atoms with E-state index in [0.717, 1.165) is 5.69 Å². The van der Waals surface area contributed by atoms with E-state index < -0.39 is 0 Å². The summed E-state index contributed by atoms with van der Waals surface area (Å²) in [5.41, 5.74) is 3.98. The lowest BCUT2D eigenvalue weighted by molar-refractivity contribution is 0.665. The molecule has 1 heteroatoms. The van der Waals surface area contributed by atoms with Gasteiger partial charge in [0.1, 0.15) is 0 Å². The van der Waals surface area contributed by atoms with Gasteiger partial charge in [0.25, 0.3) is 0 Å². The molecule has 0 N–H and O–H groups in total. The van der Waals surface area contributed by atoms with E-state index in [2.05, 4.69) is 24.0 Å². The number of rotatable bonds is 0. The minimum Gasteiger partial charge on any atom is -0.258 e. The van der Waals surface area contributed by atoms with Crippen molar-refractivity contribution in [1.82, 2.24) is 4.98 Å². The average Bonchev–Trinajstić information content (AvgIpc) is 2.04. The van der Waals surface area contributed by atoms with Crippen molar-refractivity contribution in [3.8, 4) is 0 Å². The Bertz CT molecular complexity index is 266. The van der Waals surface area contributed by atoms with Gasteiger partial charge in [-0.3, -0.25) is 4.98 Å². The molecule has 0 spiro atoms. The van der Waals surface area contributed by atoms with Crippen molar-refractivity contribution in [2.24, 2.45) is 0 Å². The first kappa shape index (κ1) is 6.84. The number of hydrogen-bond donors (Lipinski definition) is 0. The monoisotopic (exact) mass is 147 g/mol. The van der Waals surface area contributed by atoms with Crippen molar-refractivity contribution in [3.05, 3.63) is 29.1 Å². The number of fused-ring (bicyclic) bond motifs is 1. The highest BCUT2D eigenvalue weighted by Gasteiger charge is 2.09. The maximum atomic E-state index is 4.51. The molecule has 1 aromatic heterocycles. The molecule has 1 aromatic rings. The van der Waals surface area contributed by atoms with E-state index in [1.807, 2.05) is 0 Å². The van der Waals surface area contributed by atoms with Crippen LogP contribution in [-0.2, 0) is 12.8 Å². The van der Waals surface area contributed by atoms with Gasteiger partial charge in [-0.25, -0.2) is 0 Å². The lowest BCUT2D eigenvalue weighted by Crippen LogP contribution is -2.05. The highest BCUT2D eigenvalue weighted by Crippen LogP contribution is 2.18. The highest BCUT2D eigenvalue weighted by molar-refractivity contribution is 5.24. The van der Waals surface area contributed by atoms with Gasteiger partial charge in [0.05, 0.1) is 0 Å². The average molecular weight is 147 g/mol. The molecule has 0 bridgehead atoms. The fourth-order valence-electron chi connectivity index (χ4n) is 1.69. The second-order valence-corrected chi connectivity index (χ2v) is 3.27. The number of hydrogen-bond acceptors (Lipinski definition) is 1. The summed E-state index contributed by atoms with van der Waals surface area (Å²) < 4.78 is 0. The van der Waals surface area contributed by atoms with Crippen LogP contribution in [0, 0.1) is 6.92 Å².